The maximum absolute atomic E-state index is 9.68. The second-order valence-electron chi connectivity index (χ2n) is 4.18. The van der Waals surface area contributed by atoms with Gasteiger partial charge in [0.25, 0.3) is 0 Å². The second kappa shape index (κ2) is 6.18. The molecule has 1 unspecified atom stereocenters. The van der Waals surface area contributed by atoms with Gasteiger partial charge in [-0.2, -0.15) is 0 Å². The summed E-state index contributed by atoms with van der Waals surface area (Å²) in [5.74, 6) is 0.639. The Labute approximate surface area is 115 Å². The van der Waals surface area contributed by atoms with Crippen LogP contribution in [0.2, 0.25) is 5.02 Å². The summed E-state index contributed by atoms with van der Waals surface area (Å²) >= 11 is 7.55. The lowest BCUT2D eigenvalue weighted by Gasteiger charge is -2.11. The topological polar surface area (TPSA) is 45.1 Å². The molecular weight excluding hydrogens is 268 g/mol. The number of halogens is 1. The van der Waals surface area contributed by atoms with Crippen LogP contribution >= 0.6 is 22.9 Å². The molecule has 1 aromatic heterocycles. The number of nitrogens with zero attached hydrogens (tertiary/aromatic N) is 1. The molecule has 1 atom stereocenters. The molecule has 0 aliphatic carbocycles. The zero-order chi connectivity index (χ0) is 13.0. The molecule has 0 spiro atoms. The summed E-state index contributed by atoms with van der Waals surface area (Å²) in [4.78, 5) is 4.28. The van der Waals surface area contributed by atoms with E-state index >= 15 is 0 Å². The Morgan fingerprint density at radius 2 is 2.33 bits per heavy atom. The molecule has 18 heavy (non-hydrogen) atoms. The normalized spacial score (nSPS) is 12.6. The lowest BCUT2D eigenvalue weighted by molar-refractivity contribution is 0.463. The molecule has 3 nitrogen and oxygen atoms in total. The van der Waals surface area contributed by atoms with Crippen LogP contribution in [0.3, 0.4) is 0 Å². The summed E-state index contributed by atoms with van der Waals surface area (Å²) in [5, 5.41) is 16.7. The molecule has 5 heteroatoms. The van der Waals surface area contributed by atoms with Crippen LogP contribution in [0.5, 0.6) is 5.75 Å². The molecule has 1 heterocycles. The summed E-state index contributed by atoms with van der Waals surface area (Å²) in [6.07, 6.45) is 1.82. The van der Waals surface area contributed by atoms with E-state index in [0.717, 1.165) is 17.1 Å². The number of rotatable bonds is 5. The van der Waals surface area contributed by atoms with E-state index in [1.807, 2.05) is 11.6 Å². The minimum absolute atomic E-state index is 0.272. The maximum Gasteiger partial charge on any atom is 0.120 e. The van der Waals surface area contributed by atoms with E-state index < -0.39 is 0 Å². The highest BCUT2D eigenvalue weighted by molar-refractivity contribution is 7.09. The highest BCUT2D eigenvalue weighted by atomic mass is 35.5. The number of hydrogen-bond acceptors (Lipinski definition) is 4. The first kappa shape index (κ1) is 13.3. The van der Waals surface area contributed by atoms with Crippen LogP contribution in [-0.2, 0) is 6.54 Å². The largest absolute Gasteiger partial charge is 0.508 e. The maximum atomic E-state index is 9.68. The van der Waals surface area contributed by atoms with E-state index in [1.54, 1.807) is 29.5 Å². The molecule has 0 aliphatic heterocycles. The summed E-state index contributed by atoms with van der Waals surface area (Å²) in [6.45, 7) is 3.55. The number of phenols is 1. The monoisotopic (exact) mass is 282 g/mol. The van der Waals surface area contributed by atoms with Crippen molar-refractivity contribution >= 4 is 22.9 Å². The molecule has 0 fully saturated rings. The number of nitrogens with one attached hydrogen (secondary N) is 1. The van der Waals surface area contributed by atoms with Crippen molar-refractivity contribution in [2.75, 3.05) is 6.54 Å². The van der Waals surface area contributed by atoms with Gasteiger partial charge >= 0.3 is 0 Å². The Morgan fingerprint density at radius 3 is 3.06 bits per heavy atom. The summed E-state index contributed by atoms with van der Waals surface area (Å²) in [6, 6.07) is 5.07. The van der Waals surface area contributed by atoms with E-state index in [-0.39, 0.29) is 5.75 Å². The van der Waals surface area contributed by atoms with Gasteiger partial charge in [0.15, 0.2) is 0 Å². The molecule has 0 aliphatic rings. The molecule has 2 rings (SSSR count). The van der Waals surface area contributed by atoms with Gasteiger partial charge in [0.1, 0.15) is 5.75 Å². The number of hydrogen-bond donors (Lipinski definition) is 2. The third kappa shape index (κ3) is 3.45. The standard InChI is InChI=1S/C13H15ClN2OS/c1-9(13-16-4-5-18-13)7-15-8-10-6-11(14)2-3-12(10)17/h2-6,9,15,17H,7-8H2,1H3. The van der Waals surface area contributed by atoms with Gasteiger partial charge in [-0.3, -0.25) is 0 Å². The Hall–Kier alpha value is -1.10. The van der Waals surface area contributed by atoms with Gasteiger partial charge in [0.05, 0.1) is 5.01 Å². The van der Waals surface area contributed by atoms with Crippen molar-refractivity contribution in [1.29, 1.82) is 0 Å². The van der Waals surface area contributed by atoms with Gasteiger partial charge in [-0.05, 0) is 18.2 Å². The Bertz CT molecular complexity index is 502. The van der Waals surface area contributed by atoms with Crippen LogP contribution in [0.25, 0.3) is 0 Å². The van der Waals surface area contributed by atoms with E-state index in [0.29, 0.717) is 17.5 Å². The molecule has 0 saturated heterocycles. The zero-order valence-corrected chi connectivity index (χ0v) is 11.6. The van der Waals surface area contributed by atoms with Crippen LogP contribution in [0.1, 0.15) is 23.4 Å². The van der Waals surface area contributed by atoms with Gasteiger partial charge < -0.3 is 10.4 Å². The SMILES string of the molecule is CC(CNCc1cc(Cl)ccc1O)c1nccs1. The molecule has 96 valence electrons. The third-order valence-electron chi connectivity index (χ3n) is 2.68. The molecular formula is C13H15ClN2OS. The molecule has 0 amide bonds. The first-order valence-electron chi connectivity index (χ1n) is 5.74. The average Bonchev–Trinajstić information content (AvgIpc) is 2.87. The van der Waals surface area contributed by atoms with Gasteiger partial charge in [-0.1, -0.05) is 18.5 Å². The fraction of sp³-hybridized carbons (Fsp3) is 0.308. The van der Waals surface area contributed by atoms with Gasteiger partial charge in [-0.25, -0.2) is 4.98 Å². The predicted octanol–water partition coefficient (Wildman–Crippen LogP) is 3.40. The molecule has 0 bridgehead atoms. The number of aromatic nitrogens is 1. The van der Waals surface area contributed by atoms with Crippen molar-refractivity contribution in [3.8, 4) is 5.75 Å². The van der Waals surface area contributed by atoms with Crippen molar-refractivity contribution in [2.45, 2.75) is 19.4 Å². The smallest absolute Gasteiger partial charge is 0.120 e. The van der Waals surface area contributed by atoms with Crippen molar-refractivity contribution in [3.05, 3.63) is 45.4 Å². The van der Waals surface area contributed by atoms with Crippen molar-refractivity contribution < 1.29 is 5.11 Å². The Balaban J connectivity index is 1.87. The third-order valence-corrected chi connectivity index (χ3v) is 3.92. The van der Waals surface area contributed by atoms with Crippen LogP contribution in [0.15, 0.2) is 29.8 Å². The van der Waals surface area contributed by atoms with Crippen LogP contribution in [0.4, 0.5) is 0 Å². The fourth-order valence-corrected chi connectivity index (χ4v) is 2.58. The Morgan fingerprint density at radius 1 is 1.50 bits per heavy atom. The average molecular weight is 283 g/mol. The van der Waals surface area contributed by atoms with Gasteiger partial charge in [-0.15, -0.1) is 11.3 Å². The predicted molar refractivity (Wildman–Crippen MR) is 75.4 cm³/mol. The number of phenolic OH excluding ortho intramolecular Hbond substituents is 1. The number of thiazole rings is 1. The minimum Gasteiger partial charge on any atom is -0.508 e. The second-order valence-corrected chi connectivity index (χ2v) is 5.54. The number of aromatic hydroxyl groups is 1. The molecule has 0 saturated carbocycles. The van der Waals surface area contributed by atoms with E-state index in [2.05, 4.69) is 17.2 Å². The number of benzene rings is 1. The van der Waals surface area contributed by atoms with Crippen molar-refractivity contribution in [3.63, 3.8) is 0 Å². The van der Waals surface area contributed by atoms with E-state index in [1.165, 1.54) is 0 Å². The molecule has 2 aromatic rings. The first-order chi connectivity index (χ1) is 8.66. The van der Waals surface area contributed by atoms with Crippen LogP contribution in [-0.4, -0.2) is 16.6 Å². The lowest BCUT2D eigenvalue weighted by atomic mass is 10.1. The minimum atomic E-state index is 0.272. The zero-order valence-electron chi connectivity index (χ0n) is 10.1. The fourth-order valence-electron chi connectivity index (χ4n) is 1.68. The van der Waals surface area contributed by atoms with Crippen LogP contribution in [0, 0.1) is 0 Å². The van der Waals surface area contributed by atoms with Gasteiger partial charge in [0, 0.05) is 41.2 Å². The first-order valence-corrected chi connectivity index (χ1v) is 7.00. The summed E-state index contributed by atoms with van der Waals surface area (Å²) < 4.78 is 0. The van der Waals surface area contributed by atoms with Gasteiger partial charge in [0.2, 0.25) is 0 Å². The van der Waals surface area contributed by atoms with Crippen molar-refractivity contribution in [1.82, 2.24) is 10.3 Å². The van der Waals surface area contributed by atoms with E-state index in [9.17, 15) is 5.11 Å². The lowest BCUT2D eigenvalue weighted by Crippen LogP contribution is -2.19. The molecule has 1 aromatic carbocycles. The highest BCUT2D eigenvalue weighted by Gasteiger charge is 2.08. The Kier molecular flexibility index (Phi) is 4.58. The van der Waals surface area contributed by atoms with Crippen molar-refractivity contribution in [2.24, 2.45) is 0 Å². The summed E-state index contributed by atoms with van der Waals surface area (Å²) in [5.41, 5.74) is 0.814. The quantitative estimate of drug-likeness (QED) is 0.883. The summed E-state index contributed by atoms with van der Waals surface area (Å²) in [7, 11) is 0. The molecule has 2 N–H and O–H groups in total. The highest BCUT2D eigenvalue weighted by Crippen LogP contribution is 2.22. The van der Waals surface area contributed by atoms with E-state index in [4.69, 9.17) is 11.6 Å². The van der Waals surface area contributed by atoms with Crippen LogP contribution < -0.4 is 5.32 Å². The molecule has 0 radical (unpaired) electrons.